The van der Waals surface area contributed by atoms with Gasteiger partial charge < -0.3 is 13.8 Å². The second-order valence-corrected chi connectivity index (χ2v) is 6.12. The minimum atomic E-state index is 0.0836. The number of aromatic nitrogens is 1. The van der Waals surface area contributed by atoms with Crippen molar-refractivity contribution < 1.29 is 13.7 Å². The lowest BCUT2D eigenvalue weighted by atomic mass is 10.1. The molecule has 0 fully saturated rings. The monoisotopic (exact) mass is 338 g/mol. The smallest absolute Gasteiger partial charge is 0.223 e. The van der Waals surface area contributed by atoms with Crippen molar-refractivity contribution in [3.63, 3.8) is 0 Å². The first-order valence-corrected chi connectivity index (χ1v) is 8.39. The van der Waals surface area contributed by atoms with Gasteiger partial charge in [-0.15, -0.1) is 0 Å². The van der Waals surface area contributed by atoms with Crippen LogP contribution in [0.15, 0.2) is 57.7 Å². The summed E-state index contributed by atoms with van der Waals surface area (Å²) in [6, 6.07) is 13.7. The normalized spacial score (nSPS) is 10.8. The third kappa shape index (κ3) is 4.38. The quantitative estimate of drug-likeness (QED) is 0.652. The predicted octanol–water partition coefficient (Wildman–Crippen LogP) is 4.05. The molecule has 0 saturated carbocycles. The fourth-order valence-electron chi connectivity index (χ4n) is 2.88. The van der Waals surface area contributed by atoms with Crippen LogP contribution >= 0.6 is 0 Å². The van der Waals surface area contributed by atoms with Crippen LogP contribution in [-0.2, 0) is 24.3 Å². The number of furan rings is 1. The van der Waals surface area contributed by atoms with Crippen molar-refractivity contribution in [2.24, 2.45) is 0 Å². The summed E-state index contributed by atoms with van der Waals surface area (Å²) in [6.45, 7) is 4.80. The van der Waals surface area contributed by atoms with Gasteiger partial charge in [0, 0.05) is 18.5 Å². The Morgan fingerprint density at radius 3 is 2.52 bits per heavy atom. The van der Waals surface area contributed by atoms with Gasteiger partial charge in [0.2, 0.25) is 5.91 Å². The highest BCUT2D eigenvalue weighted by Gasteiger charge is 2.18. The number of nitrogens with zero attached hydrogens (tertiary/aromatic N) is 2. The Morgan fingerprint density at radius 1 is 1.08 bits per heavy atom. The molecule has 25 heavy (non-hydrogen) atoms. The summed E-state index contributed by atoms with van der Waals surface area (Å²) < 4.78 is 10.6. The highest BCUT2D eigenvalue weighted by atomic mass is 16.5. The standard InChI is InChI=1S/C20H22N2O3/c1-15-19(16(2)25-21-15)10-11-20(23)22(14-18-9-6-12-24-18)13-17-7-4-3-5-8-17/h3-9,12H,10-11,13-14H2,1-2H3. The molecule has 130 valence electrons. The predicted molar refractivity (Wildman–Crippen MR) is 93.7 cm³/mol. The first kappa shape index (κ1) is 17.0. The Kier molecular flexibility index (Phi) is 5.33. The van der Waals surface area contributed by atoms with Crippen LogP contribution < -0.4 is 0 Å². The number of aryl methyl sites for hydroxylation is 2. The Bertz CT molecular complexity index is 787. The zero-order chi connectivity index (χ0) is 17.6. The molecule has 0 aliphatic rings. The molecule has 3 rings (SSSR count). The van der Waals surface area contributed by atoms with E-state index in [1.165, 1.54) is 0 Å². The van der Waals surface area contributed by atoms with E-state index in [9.17, 15) is 4.79 Å². The minimum Gasteiger partial charge on any atom is -0.467 e. The van der Waals surface area contributed by atoms with Gasteiger partial charge in [0.05, 0.1) is 18.5 Å². The molecule has 0 saturated heterocycles. The van der Waals surface area contributed by atoms with Crippen molar-refractivity contribution in [2.75, 3.05) is 0 Å². The van der Waals surface area contributed by atoms with Crippen LogP contribution in [0.5, 0.6) is 0 Å². The highest BCUT2D eigenvalue weighted by molar-refractivity contribution is 5.76. The number of benzene rings is 1. The van der Waals surface area contributed by atoms with Crippen molar-refractivity contribution in [2.45, 2.75) is 39.8 Å². The third-order valence-electron chi connectivity index (χ3n) is 4.27. The number of hydrogen-bond donors (Lipinski definition) is 0. The summed E-state index contributed by atoms with van der Waals surface area (Å²) in [4.78, 5) is 14.7. The van der Waals surface area contributed by atoms with E-state index < -0.39 is 0 Å². The van der Waals surface area contributed by atoms with E-state index in [2.05, 4.69) is 5.16 Å². The molecule has 0 radical (unpaired) electrons. The molecule has 2 aromatic heterocycles. The Morgan fingerprint density at radius 2 is 1.88 bits per heavy atom. The van der Waals surface area contributed by atoms with Gasteiger partial charge in [-0.1, -0.05) is 35.5 Å². The van der Waals surface area contributed by atoms with Crippen LogP contribution in [0.25, 0.3) is 0 Å². The van der Waals surface area contributed by atoms with E-state index in [1.807, 2.05) is 61.2 Å². The SMILES string of the molecule is Cc1noc(C)c1CCC(=O)N(Cc1ccccc1)Cc1ccco1. The Hall–Kier alpha value is -2.82. The number of amides is 1. The van der Waals surface area contributed by atoms with Gasteiger partial charge in [-0.05, 0) is 38.0 Å². The van der Waals surface area contributed by atoms with Crippen molar-refractivity contribution in [1.82, 2.24) is 10.1 Å². The van der Waals surface area contributed by atoms with Crippen LogP contribution in [0.3, 0.4) is 0 Å². The van der Waals surface area contributed by atoms with Crippen LogP contribution in [-0.4, -0.2) is 16.0 Å². The maximum Gasteiger partial charge on any atom is 0.223 e. The average molecular weight is 338 g/mol. The van der Waals surface area contributed by atoms with E-state index in [4.69, 9.17) is 8.94 Å². The lowest BCUT2D eigenvalue weighted by molar-refractivity contribution is -0.132. The lowest BCUT2D eigenvalue weighted by Gasteiger charge is -2.22. The van der Waals surface area contributed by atoms with Crippen molar-refractivity contribution in [1.29, 1.82) is 0 Å². The molecule has 0 bridgehead atoms. The summed E-state index contributed by atoms with van der Waals surface area (Å²) in [5.41, 5.74) is 2.97. The van der Waals surface area contributed by atoms with E-state index in [0.717, 1.165) is 28.3 Å². The van der Waals surface area contributed by atoms with Crippen molar-refractivity contribution in [3.8, 4) is 0 Å². The van der Waals surface area contributed by atoms with Crippen LogP contribution in [0.4, 0.5) is 0 Å². The Balaban J connectivity index is 1.70. The van der Waals surface area contributed by atoms with E-state index >= 15 is 0 Å². The summed E-state index contributed by atoms with van der Waals surface area (Å²) in [6.07, 6.45) is 2.67. The summed E-state index contributed by atoms with van der Waals surface area (Å²) in [7, 11) is 0. The third-order valence-corrected chi connectivity index (χ3v) is 4.27. The molecular formula is C20H22N2O3. The van der Waals surface area contributed by atoms with Crippen LogP contribution in [0, 0.1) is 13.8 Å². The summed E-state index contributed by atoms with van der Waals surface area (Å²) >= 11 is 0. The van der Waals surface area contributed by atoms with Gasteiger partial charge in [0.15, 0.2) is 0 Å². The van der Waals surface area contributed by atoms with Gasteiger partial charge in [-0.3, -0.25) is 4.79 Å². The van der Waals surface area contributed by atoms with Gasteiger partial charge in [-0.25, -0.2) is 0 Å². The van der Waals surface area contributed by atoms with Gasteiger partial charge in [0.25, 0.3) is 0 Å². The molecule has 0 aliphatic heterocycles. The number of carbonyl (C=O) groups excluding carboxylic acids is 1. The van der Waals surface area contributed by atoms with Crippen molar-refractivity contribution >= 4 is 5.91 Å². The van der Waals surface area contributed by atoms with Crippen LogP contribution in [0.1, 0.15) is 34.8 Å². The molecule has 1 aromatic carbocycles. The first-order valence-electron chi connectivity index (χ1n) is 8.39. The topological polar surface area (TPSA) is 59.5 Å². The maximum atomic E-state index is 12.8. The van der Waals surface area contributed by atoms with E-state index in [-0.39, 0.29) is 5.91 Å². The highest BCUT2D eigenvalue weighted by Crippen LogP contribution is 2.17. The number of rotatable bonds is 7. The zero-order valence-corrected chi connectivity index (χ0v) is 14.6. The molecule has 0 unspecified atom stereocenters. The fourth-order valence-corrected chi connectivity index (χ4v) is 2.88. The number of hydrogen-bond acceptors (Lipinski definition) is 4. The summed E-state index contributed by atoms with van der Waals surface area (Å²) in [5.74, 6) is 1.65. The molecule has 5 heteroatoms. The van der Waals surface area contributed by atoms with E-state index in [1.54, 1.807) is 6.26 Å². The molecule has 0 aliphatic carbocycles. The molecule has 1 amide bonds. The first-order chi connectivity index (χ1) is 12.1. The van der Waals surface area contributed by atoms with Gasteiger partial charge in [-0.2, -0.15) is 0 Å². The second-order valence-electron chi connectivity index (χ2n) is 6.12. The largest absolute Gasteiger partial charge is 0.467 e. The van der Waals surface area contributed by atoms with Crippen LogP contribution in [0.2, 0.25) is 0 Å². The van der Waals surface area contributed by atoms with E-state index in [0.29, 0.717) is 25.9 Å². The molecular weight excluding hydrogens is 316 g/mol. The number of carbonyl (C=O) groups is 1. The molecule has 0 spiro atoms. The molecule has 5 nitrogen and oxygen atoms in total. The molecule has 0 atom stereocenters. The van der Waals surface area contributed by atoms with Crippen molar-refractivity contribution in [3.05, 3.63) is 77.1 Å². The molecule has 3 aromatic rings. The van der Waals surface area contributed by atoms with Gasteiger partial charge >= 0.3 is 0 Å². The maximum absolute atomic E-state index is 12.8. The fraction of sp³-hybridized carbons (Fsp3) is 0.300. The zero-order valence-electron chi connectivity index (χ0n) is 14.6. The molecule has 0 N–H and O–H groups in total. The van der Waals surface area contributed by atoms with Gasteiger partial charge in [0.1, 0.15) is 11.5 Å². The average Bonchev–Trinajstić information content (AvgIpc) is 3.24. The Labute approximate surface area is 147 Å². The summed E-state index contributed by atoms with van der Waals surface area (Å²) in [5, 5.41) is 3.95. The molecule has 2 heterocycles. The minimum absolute atomic E-state index is 0.0836. The second kappa shape index (κ2) is 7.83. The lowest BCUT2D eigenvalue weighted by Crippen LogP contribution is -2.30.